The van der Waals surface area contributed by atoms with Crippen LogP contribution in [0, 0.1) is 0 Å². The molecule has 5 heteroatoms. The second-order valence-corrected chi connectivity index (χ2v) is 15.6. The number of para-hydroxylation sites is 4. The van der Waals surface area contributed by atoms with Crippen LogP contribution in [0.25, 0.3) is 71.6 Å². The Morgan fingerprint density at radius 3 is 1.58 bits per heavy atom. The smallest absolute Gasteiger partial charge is 0.227 e. The molecule has 2 heterocycles. The predicted molar refractivity (Wildman–Crippen MR) is 258 cm³/mol. The van der Waals surface area contributed by atoms with Crippen molar-refractivity contribution in [3.05, 3.63) is 231 Å². The minimum Gasteiger partial charge on any atom is -0.435 e. The molecule has 0 radical (unpaired) electrons. The van der Waals surface area contributed by atoms with Gasteiger partial charge in [-0.15, -0.1) is 0 Å². The van der Waals surface area contributed by atoms with Gasteiger partial charge < -0.3 is 18.8 Å². The van der Waals surface area contributed by atoms with E-state index < -0.39 is 0 Å². The average molecular weight is 795 g/mol. The molecule has 0 aliphatic heterocycles. The van der Waals surface area contributed by atoms with Gasteiger partial charge in [-0.1, -0.05) is 133 Å². The maximum Gasteiger partial charge on any atom is 0.227 e. The molecule has 5 nitrogen and oxygen atoms in total. The van der Waals surface area contributed by atoms with Crippen LogP contribution in [0.3, 0.4) is 0 Å². The number of oxazole rings is 1. The molecule has 0 atom stereocenters. The minimum absolute atomic E-state index is 0.600. The molecule has 0 spiro atoms. The fourth-order valence-corrected chi connectivity index (χ4v) is 9.24. The molecule has 0 saturated heterocycles. The normalized spacial score (nSPS) is 11.5. The van der Waals surface area contributed by atoms with Gasteiger partial charge in [-0.25, -0.2) is 4.98 Å². The molecule has 0 fully saturated rings. The molecule has 12 rings (SSSR count). The monoisotopic (exact) mass is 794 g/mol. The summed E-state index contributed by atoms with van der Waals surface area (Å²) in [6.45, 7) is 0. The first-order chi connectivity index (χ1) is 30.8. The van der Waals surface area contributed by atoms with E-state index in [1.54, 1.807) is 0 Å². The summed E-state index contributed by atoms with van der Waals surface area (Å²) in [6.07, 6.45) is 0. The molecule has 292 valence electrons. The number of fused-ring (bicyclic) bond motifs is 9. The Hall–Kier alpha value is -8.41. The van der Waals surface area contributed by atoms with E-state index in [2.05, 4.69) is 245 Å². The van der Waals surface area contributed by atoms with Crippen molar-refractivity contribution < 1.29 is 4.42 Å². The Bertz CT molecular complexity index is 3500. The van der Waals surface area contributed by atoms with Gasteiger partial charge in [0.1, 0.15) is 5.52 Å². The maximum atomic E-state index is 6.62. The van der Waals surface area contributed by atoms with E-state index in [0.717, 1.165) is 78.2 Å². The van der Waals surface area contributed by atoms with E-state index in [1.807, 2.05) is 0 Å². The maximum absolute atomic E-state index is 6.62. The van der Waals surface area contributed by atoms with Gasteiger partial charge in [-0.2, -0.15) is 0 Å². The van der Waals surface area contributed by atoms with Gasteiger partial charge in [0, 0.05) is 61.2 Å². The fourth-order valence-electron chi connectivity index (χ4n) is 9.24. The Kier molecular flexibility index (Phi) is 8.42. The zero-order chi connectivity index (χ0) is 41.0. The highest BCUT2D eigenvalue weighted by Gasteiger charge is 2.23. The topological polar surface area (TPSA) is 37.4 Å². The Morgan fingerprint density at radius 2 is 0.871 bits per heavy atom. The molecule has 12 aromatic rings. The molecule has 0 bridgehead atoms. The van der Waals surface area contributed by atoms with Gasteiger partial charge in [0.15, 0.2) is 5.58 Å². The van der Waals surface area contributed by atoms with Gasteiger partial charge in [0.05, 0.1) is 16.7 Å². The van der Waals surface area contributed by atoms with Crippen molar-refractivity contribution in [2.45, 2.75) is 0 Å². The summed E-state index contributed by atoms with van der Waals surface area (Å²) < 4.78 is 9.00. The van der Waals surface area contributed by atoms with Crippen molar-refractivity contribution in [3.8, 4) is 17.1 Å². The number of nitrogens with zero attached hydrogens (tertiary/aromatic N) is 4. The lowest BCUT2D eigenvalue weighted by atomic mass is 10.0. The highest BCUT2D eigenvalue weighted by atomic mass is 16.3. The quantitative estimate of drug-likeness (QED) is 0.144. The lowest BCUT2D eigenvalue weighted by Gasteiger charge is -2.30. The molecule has 0 amide bonds. The molecule has 10 aromatic carbocycles. The first-order valence-corrected chi connectivity index (χ1v) is 21.0. The van der Waals surface area contributed by atoms with Crippen LogP contribution >= 0.6 is 0 Å². The summed E-state index contributed by atoms with van der Waals surface area (Å²) >= 11 is 0. The van der Waals surface area contributed by atoms with E-state index in [0.29, 0.717) is 5.89 Å². The van der Waals surface area contributed by atoms with Crippen molar-refractivity contribution in [1.82, 2.24) is 9.55 Å². The third kappa shape index (κ3) is 5.82. The molecular formula is C57H38N4O. The molecule has 0 aliphatic carbocycles. The summed E-state index contributed by atoms with van der Waals surface area (Å²) in [5.74, 6) is 0.600. The summed E-state index contributed by atoms with van der Waals surface area (Å²) in [5, 5.41) is 6.88. The highest BCUT2D eigenvalue weighted by molar-refractivity contribution is 6.23. The summed E-state index contributed by atoms with van der Waals surface area (Å²) in [4.78, 5) is 9.81. The van der Waals surface area contributed by atoms with Crippen molar-refractivity contribution in [2.24, 2.45) is 0 Å². The zero-order valence-corrected chi connectivity index (χ0v) is 33.6. The summed E-state index contributed by atoms with van der Waals surface area (Å²) in [6, 6.07) is 81.5. The van der Waals surface area contributed by atoms with Crippen molar-refractivity contribution in [2.75, 3.05) is 9.80 Å². The number of hydrogen-bond acceptors (Lipinski definition) is 4. The van der Waals surface area contributed by atoms with Crippen LogP contribution in [-0.2, 0) is 0 Å². The Morgan fingerprint density at radius 1 is 0.371 bits per heavy atom. The van der Waals surface area contributed by atoms with Crippen LogP contribution in [0.15, 0.2) is 235 Å². The van der Waals surface area contributed by atoms with Crippen LogP contribution in [0.5, 0.6) is 0 Å². The molecular weight excluding hydrogens is 757 g/mol. The van der Waals surface area contributed by atoms with Gasteiger partial charge in [-0.05, 0) is 108 Å². The van der Waals surface area contributed by atoms with E-state index in [-0.39, 0.29) is 0 Å². The van der Waals surface area contributed by atoms with Crippen LogP contribution < -0.4 is 9.80 Å². The summed E-state index contributed by atoms with van der Waals surface area (Å²) in [5.41, 5.74) is 12.4. The molecule has 0 aliphatic rings. The zero-order valence-electron chi connectivity index (χ0n) is 33.6. The van der Waals surface area contributed by atoms with Gasteiger partial charge in [0.2, 0.25) is 5.89 Å². The number of hydrogen-bond donors (Lipinski definition) is 0. The average Bonchev–Trinajstić information content (AvgIpc) is 3.95. The lowest BCUT2D eigenvalue weighted by molar-refractivity contribution is 0.623. The van der Waals surface area contributed by atoms with E-state index in [9.17, 15) is 0 Å². The van der Waals surface area contributed by atoms with E-state index >= 15 is 0 Å². The molecule has 0 unspecified atom stereocenters. The molecule has 2 aromatic heterocycles. The minimum atomic E-state index is 0.600. The Balaban J connectivity index is 0.995. The van der Waals surface area contributed by atoms with Gasteiger partial charge in [0.25, 0.3) is 0 Å². The predicted octanol–water partition coefficient (Wildman–Crippen LogP) is 15.8. The SMILES string of the molecule is c1ccc(N(c2ccc(-c3nc4c5ccccc5c5ccccc5c4o3)cc2)c2cccc(N(c3ccccc3)c3cccc4c3c3ccccc3n4-c3ccccc3)c2)cc1. The standard InChI is InChI=1S/C57H38N4O/c1-4-18-40(19-5-1)59(43-36-34-39(35-37-43)57-58-55-48-28-12-10-26-46(48)47-27-11-13-29-49(47)56(55)62-57)44-24-16-25-45(38-44)60(41-20-6-2-7-21-41)52-32-17-33-53-54(52)50-30-14-15-31-51(50)61(53)42-22-8-3-9-23-42/h1-38H. The summed E-state index contributed by atoms with van der Waals surface area (Å²) in [7, 11) is 0. The van der Waals surface area contributed by atoms with Gasteiger partial charge in [-0.3, -0.25) is 0 Å². The van der Waals surface area contributed by atoms with Crippen molar-refractivity contribution in [3.63, 3.8) is 0 Å². The molecule has 62 heavy (non-hydrogen) atoms. The first-order valence-electron chi connectivity index (χ1n) is 21.0. The fraction of sp³-hybridized carbons (Fsp3) is 0. The van der Waals surface area contributed by atoms with Crippen LogP contribution in [-0.4, -0.2) is 9.55 Å². The van der Waals surface area contributed by atoms with Crippen molar-refractivity contribution in [1.29, 1.82) is 0 Å². The number of benzene rings is 10. The van der Waals surface area contributed by atoms with E-state index in [1.165, 1.54) is 21.7 Å². The van der Waals surface area contributed by atoms with Crippen molar-refractivity contribution >= 4 is 88.6 Å². The first kappa shape index (κ1) is 35.5. The number of rotatable bonds is 8. The number of aromatic nitrogens is 2. The molecule has 0 N–H and O–H groups in total. The number of anilines is 6. The highest BCUT2D eigenvalue weighted by Crippen LogP contribution is 2.46. The van der Waals surface area contributed by atoms with Crippen LogP contribution in [0.4, 0.5) is 34.1 Å². The van der Waals surface area contributed by atoms with Crippen LogP contribution in [0.1, 0.15) is 0 Å². The largest absolute Gasteiger partial charge is 0.435 e. The van der Waals surface area contributed by atoms with Gasteiger partial charge >= 0.3 is 0 Å². The third-order valence-electron chi connectivity index (χ3n) is 11.9. The third-order valence-corrected chi connectivity index (χ3v) is 11.9. The van der Waals surface area contributed by atoms with Crippen LogP contribution in [0.2, 0.25) is 0 Å². The molecule has 0 saturated carbocycles. The Labute approximate surface area is 358 Å². The lowest BCUT2D eigenvalue weighted by Crippen LogP contribution is -2.13. The van der Waals surface area contributed by atoms with E-state index in [4.69, 9.17) is 9.40 Å². The second kappa shape index (κ2) is 14.7. The second-order valence-electron chi connectivity index (χ2n) is 15.6.